The van der Waals surface area contributed by atoms with Gasteiger partial charge in [0.25, 0.3) is 0 Å². The largest absolute Gasteiger partial charge is 0.353 e. The molecule has 1 fully saturated rings. The summed E-state index contributed by atoms with van der Waals surface area (Å²) < 4.78 is 4.82. The lowest BCUT2D eigenvalue weighted by molar-refractivity contribution is 0.494. The first-order valence-corrected chi connectivity index (χ1v) is 7.64. The Bertz CT molecular complexity index is 793. The van der Waals surface area contributed by atoms with Crippen LogP contribution in [0.3, 0.4) is 0 Å². The zero-order valence-electron chi connectivity index (χ0n) is 11.5. The summed E-state index contributed by atoms with van der Waals surface area (Å²) in [5, 5.41) is 17.1. The standard InChI is InChI=1S/C13H14BrN7/c1-9-16-17-12-2-3-13(18-21(9)12)19-5-4-11(8-19)20-7-10(14)6-15-20/h2-3,6-7,11H,4-5,8H2,1H3. The SMILES string of the molecule is Cc1nnc2ccc(N3CCC(n4cc(Br)cn4)C3)nn12. The van der Waals surface area contributed by atoms with Crippen LogP contribution in [0.15, 0.2) is 29.0 Å². The molecular formula is C13H14BrN7. The van der Waals surface area contributed by atoms with Crippen LogP contribution in [0.4, 0.5) is 5.82 Å². The molecule has 0 bridgehead atoms. The molecule has 8 heteroatoms. The van der Waals surface area contributed by atoms with Crippen molar-refractivity contribution >= 4 is 27.4 Å². The summed E-state index contributed by atoms with van der Waals surface area (Å²) >= 11 is 3.44. The third-order valence-electron chi connectivity index (χ3n) is 3.84. The summed E-state index contributed by atoms with van der Waals surface area (Å²) in [6, 6.07) is 4.35. The number of hydrogen-bond donors (Lipinski definition) is 0. The van der Waals surface area contributed by atoms with Gasteiger partial charge in [0.2, 0.25) is 0 Å². The minimum absolute atomic E-state index is 0.385. The molecule has 0 aliphatic carbocycles. The number of rotatable bonds is 2. The number of hydrogen-bond acceptors (Lipinski definition) is 5. The summed E-state index contributed by atoms with van der Waals surface area (Å²) in [5.74, 6) is 1.76. The first-order chi connectivity index (χ1) is 10.2. The van der Waals surface area contributed by atoms with E-state index in [-0.39, 0.29) is 0 Å². The molecule has 21 heavy (non-hydrogen) atoms. The summed E-state index contributed by atoms with van der Waals surface area (Å²) in [4.78, 5) is 2.28. The van der Waals surface area contributed by atoms with Crippen molar-refractivity contribution in [2.24, 2.45) is 0 Å². The Kier molecular flexibility index (Phi) is 2.91. The van der Waals surface area contributed by atoms with Crippen LogP contribution in [-0.2, 0) is 0 Å². The van der Waals surface area contributed by atoms with Crippen LogP contribution >= 0.6 is 15.9 Å². The molecule has 3 aromatic rings. The third-order valence-corrected chi connectivity index (χ3v) is 4.25. The highest BCUT2D eigenvalue weighted by molar-refractivity contribution is 9.10. The van der Waals surface area contributed by atoms with Crippen molar-refractivity contribution in [2.75, 3.05) is 18.0 Å². The number of nitrogens with zero attached hydrogens (tertiary/aromatic N) is 7. The Balaban J connectivity index is 1.60. The maximum absolute atomic E-state index is 4.63. The fourth-order valence-electron chi connectivity index (χ4n) is 2.74. The predicted octanol–water partition coefficient (Wildman–Crippen LogP) is 1.84. The molecule has 0 N–H and O–H groups in total. The molecule has 0 spiro atoms. The molecule has 1 saturated heterocycles. The van der Waals surface area contributed by atoms with Gasteiger partial charge in [0.05, 0.1) is 16.7 Å². The van der Waals surface area contributed by atoms with Crippen LogP contribution in [0.2, 0.25) is 0 Å². The number of fused-ring (bicyclic) bond motifs is 1. The number of anilines is 1. The number of aryl methyl sites for hydroxylation is 1. The highest BCUT2D eigenvalue weighted by Gasteiger charge is 2.25. The lowest BCUT2D eigenvalue weighted by atomic mass is 10.3. The van der Waals surface area contributed by atoms with E-state index >= 15 is 0 Å². The molecule has 0 aromatic carbocycles. The Morgan fingerprint density at radius 1 is 1.29 bits per heavy atom. The molecule has 108 valence electrons. The van der Waals surface area contributed by atoms with Gasteiger partial charge in [-0.3, -0.25) is 4.68 Å². The fourth-order valence-corrected chi connectivity index (χ4v) is 3.04. The van der Waals surface area contributed by atoms with Gasteiger partial charge in [0.15, 0.2) is 11.5 Å². The molecular weight excluding hydrogens is 334 g/mol. The van der Waals surface area contributed by atoms with Gasteiger partial charge in [0, 0.05) is 19.3 Å². The van der Waals surface area contributed by atoms with Crippen LogP contribution in [0, 0.1) is 6.92 Å². The second kappa shape index (κ2) is 4.80. The predicted molar refractivity (Wildman–Crippen MR) is 81.3 cm³/mol. The van der Waals surface area contributed by atoms with Gasteiger partial charge in [0.1, 0.15) is 5.82 Å². The van der Waals surface area contributed by atoms with Gasteiger partial charge in [-0.1, -0.05) is 0 Å². The third kappa shape index (κ3) is 2.19. The van der Waals surface area contributed by atoms with Gasteiger partial charge in [-0.2, -0.15) is 9.61 Å². The van der Waals surface area contributed by atoms with Crippen molar-refractivity contribution in [1.29, 1.82) is 0 Å². The Morgan fingerprint density at radius 3 is 3.00 bits per heavy atom. The Labute approximate surface area is 129 Å². The number of halogens is 1. The first-order valence-electron chi connectivity index (χ1n) is 6.84. The summed E-state index contributed by atoms with van der Waals surface area (Å²) in [6.45, 7) is 3.79. The minimum Gasteiger partial charge on any atom is -0.353 e. The fraction of sp³-hybridized carbons (Fsp3) is 0.385. The van der Waals surface area contributed by atoms with Crippen LogP contribution in [0.5, 0.6) is 0 Å². The first kappa shape index (κ1) is 12.8. The zero-order chi connectivity index (χ0) is 14.4. The van der Waals surface area contributed by atoms with E-state index in [1.165, 1.54) is 0 Å². The van der Waals surface area contributed by atoms with Crippen molar-refractivity contribution in [3.8, 4) is 0 Å². The zero-order valence-corrected chi connectivity index (χ0v) is 13.1. The topological polar surface area (TPSA) is 64.1 Å². The maximum Gasteiger partial charge on any atom is 0.178 e. The lowest BCUT2D eigenvalue weighted by Crippen LogP contribution is -2.22. The van der Waals surface area contributed by atoms with Gasteiger partial charge >= 0.3 is 0 Å². The second-order valence-electron chi connectivity index (χ2n) is 5.24. The van der Waals surface area contributed by atoms with E-state index in [4.69, 9.17) is 0 Å². The highest BCUT2D eigenvalue weighted by Crippen LogP contribution is 2.26. The summed E-state index contributed by atoms with van der Waals surface area (Å²) in [7, 11) is 0. The van der Waals surface area contributed by atoms with Gasteiger partial charge in [-0.15, -0.1) is 15.3 Å². The van der Waals surface area contributed by atoms with Gasteiger partial charge < -0.3 is 4.90 Å². The van der Waals surface area contributed by atoms with Gasteiger partial charge in [-0.25, -0.2) is 0 Å². The molecule has 1 atom stereocenters. The van der Waals surface area contributed by atoms with Crippen molar-refractivity contribution in [2.45, 2.75) is 19.4 Å². The van der Waals surface area contributed by atoms with E-state index in [2.05, 4.69) is 41.2 Å². The van der Waals surface area contributed by atoms with Crippen LogP contribution in [0.25, 0.3) is 5.65 Å². The molecule has 0 radical (unpaired) electrons. The normalized spacial score (nSPS) is 18.8. The quantitative estimate of drug-likeness (QED) is 0.707. The van der Waals surface area contributed by atoms with Crippen molar-refractivity contribution < 1.29 is 0 Å². The maximum atomic E-state index is 4.63. The molecule has 0 amide bonds. The Hall–Kier alpha value is -1.96. The van der Waals surface area contributed by atoms with E-state index in [1.54, 1.807) is 4.52 Å². The highest BCUT2D eigenvalue weighted by atomic mass is 79.9. The molecule has 3 aromatic heterocycles. The van der Waals surface area contributed by atoms with Crippen molar-refractivity contribution in [3.63, 3.8) is 0 Å². The van der Waals surface area contributed by atoms with Crippen LogP contribution in [0.1, 0.15) is 18.3 Å². The van der Waals surface area contributed by atoms with Gasteiger partial charge in [-0.05, 0) is 41.4 Å². The van der Waals surface area contributed by atoms with Crippen LogP contribution in [-0.4, -0.2) is 42.7 Å². The van der Waals surface area contributed by atoms with Crippen molar-refractivity contribution in [1.82, 2.24) is 29.6 Å². The molecule has 1 aliphatic heterocycles. The molecule has 0 saturated carbocycles. The molecule has 7 nitrogen and oxygen atoms in total. The summed E-state index contributed by atoms with van der Waals surface area (Å²) in [5.41, 5.74) is 0.781. The monoisotopic (exact) mass is 347 g/mol. The van der Waals surface area contributed by atoms with E-state index in [0.717, 1.165) is 41.3 Å². The molecule has 4 rings (SSSR count). The van der Waals surface area contributed by atoms with Crippen molar-refractivity contribution in [3.05, 3.63) is 34.8 Å². The van der Waals surface area contributed by atoms with E-state index in [9.17, 15) is 0 Å². The molecule has 4 heterocycles. The van der Waals surface area contributed by atoms with E-state index < -0.39 is 0 Å². The molecule has 1 aliphatic rings. The molecule has 1 unspecified atom stereocenters. The second-order valence-corrected chi connectivity index (χ2v) is 6.15. The Morgan fingerprint density at radius 2 is 2.19 bits per heavy atom. The van der Waals surface area contributed by atoms with Crippen LogP contribution < -0.4 is 4.90 Å². The van der Waals surface area contributed by atoms with E-state index in [1.807, 2.05) is 36.1 Å². The summed E-state index contributed by atoms with van der Waals surface area (Å²) in [6.07, 6.45) is 4.91. The average molecular weight is 348 g/mol. The minimum atomic E-state index is 0.385. The lowest BCUT2D eigenvalue weighted by Gasteiger charge is -2.17. The smallest absolute Gasteiger partial charge is 0.178 e. The average Bonchev–Trinajstić information content (AvgIpc) is 3.19. The van der Waals surface area contributed by atoms with E-state index in [0.29, 0.717) is 6.04 Å². The number of aromatic nitrogens is 6.